The molecule has 1 saturated carbocycles. The van der Waals surface area contributed by atoms with Crippen LogP contribution in [0.5, 0.6) is 0 Å². The second-order valence-electron chi connectivity index (χ2n) is 2.20. The Morgan fingerprint density at radius 3 is 1.90 bits per heavy atom. The Morgan fingerprint density at radius 2 is 1.50 bits per heavy atom. The molecule has 0 aromatic heterocycles. The minimum Gasteiger partial charge on any atom is -0.219 e. The molecule has 0 aliphatic heterocycles. The lowest BCUT2D eigenvalue weighted by Crippen LogP contribution is -2.29. The Hall–Kier alpha value is -1.38. The Balaban J connectivity index is 2.76. The van der Waals surface area contributed by atoms with Crippen molar-refractivity contribution in [2.45, 2.75) is 6.92 Å². The van der Waals surface area contributed by atoms with Crippen molar-refractivity contribution >= 4 is 17.1 Å². The molecule has 0 radical (unpaired) electrons. The first-order valence-electron chi connectivity index (χ1n) is 2.90. The molecule has 0 spiro atoms. The predicted molar refractivity (Wildman–Crippen MR) is 40.7 cm³/mol. The van der Waals surface area contributed by atoms with E-state index in [0.29, 0.717) is 5.92 Å². The van der Waals surface area contributed by atoms with E-state index in [2.05, 4.69) is 0 Å². The molecule has 3 nitrogen and oxygen atoms in total. The summed E-state index contributed by atoms with van der Waals surface area (Å²) in [5.41, 5.74) is 0.788. The quantitative estimate of drug-likeness (QED) is 0.414. The van der Waals surface area contributed by atoms with E-state index in [4.69, 9.17) is 16.2 Å². The first-order valence-corrected chi connectivity index (χ1v) is 2.90. The van der Waals surface area contributed by atoms with Gasteiger partial charge in [-0.3, -0.25) is 0 Å². The first-order chi connectivity index (χ1) is 4.61. The van der Waals surface area contributed by atoms with E-state index >= 15 is 0 Å². The van der Waals surface area contributed by atoms with E-state index in [1.54, 1.807) is 6.92 Å². The van der Waals surface area contributed by atoms with E-state index in [9.17, 15) is 0 Å². The molecule has 3 N–H and O–H groups in total. The lowest BCUT2D eigenvalue weighted by molar-refractivity contribution is 1.30. The summed E-state index contributed by atoms with van der Waals surface area (Å²) in [7, 11) is 0. The van der Waals surface area contributed by atoms with Gasteiger partial charge in [-0.1, -0.05) is 0 Å². The summed E-state index contributed by atoms with van der Waals surface area (Å²) in [6.45, 7) is 1.71. The second kappa shape index (κ2) is 2.10. The molecular weight excluding hydrogens is 126 g/mol. The van der Waals surface area contributed by atoms with Crippen molar-refractivity contribution in [1.29, 1.82) is 16.2 Å². The van der Waals surface area contributed by atoms with Gasteiger partial charge in [-0.25, -0.2) is 16.2 Å². The normalized spacial score (nSPS) is 18.5. The van der Waals surface area contributed by atoms with Gasteiger partial charge in [0.05, 0.1) is 0 Å². The fourth-order valence-electron chi connectivity index (χ4n) is 0.714. The fraction of sp³-hybridized carbons (Fsp3) is 0.143. The maximum atomic E-state index is 7.26. The monoisotopic (exact) mass is 134 g/mol. The van der Waals surface area contributed by atoms with Gasteiger partial charge >= 0.3 is 17.1 Å². The van der Waals surface area contributed by atoms with Crippen molar-refractivity contribution in [2.24, 2.45) is 0 Å². The molecule has 1 aliphatic carbocycles. The molecule has 0 bridgehead atoms. The molecule has 0 unspecified atom stereocenters. The Bertz CT molecular complexity index is 185. The molecular formula is C7H8N3+3. The molecule has 10 heavy (non-hydrogen) atoms. The lowest BCUT2D eigenvalue weighted by atomic mass is 9.86. The molecule has 1 rings (SSSR count). The molecule has 0 aromatic carbocycles. The third-order valence-electron chi connectivity index (χ3n) is 1.41. The molecule has 0 aromatic rings. The highest BCUT2D eigenvalue weighted by Gasteiger charge is 2.52. The van der Waals surface area contributed by atoms with Crippen LogP contribution >= 0.6 is 0 Å². The zero-order valence-corrected chi connectivity index (χ0v) is 5.65. The van der Waals surface area contributed by atoms with Crippen molar-refractivity contribution in [3.63, 3.8) is 0 Å². The highest BCUT2D eigenvalue weighted by Crippen LogP contribution is 2.14. The van der Waals surface area contributed by atoms with Gasteiger partial charge < -0.3 is 0 Å². The Labute approximate surface area is 60.0 Å². The molecule has 1 fully saturated rings. The van der Waals surface area contributed by atoms with Crippen molar-refractivity contribution in [2.75, 3.05) is 0 Å². The average Bonchev–Trinajstić information content (AvgIpc) is 1.82. The zero-order valence-electron chi connectivity index (χ0n) is 5.65. The van der Waals surface area contributed by atoms with E-state index < -0.39 is 0 Å². The van der Waals surface area contributed by atoms with E-state index in [-0.39, 0.29) is 17.1 Å². The number of hydrogen-bond acceptors (Lipinski definition) is 3. The van der Waals surface area contributed by atoms with Gasteiger partial charge in [-0.05, 0) is 0 Å². The van der Waals surface area contributed by atoms with E-state index in [1.165, 1.54) is 12.8 Å². The fourth-order valence-corrected chi connectivity index (χ4v) is 0.714. The Morgan fingerprint density at radius 1 is 1.10 bits per heavy atom. The maximum Gasteiger partial charge on any atom is 0.394 e. The van der Waals surface area contributed by atoms with Crippen molar-refractivity contribution in [1.82, 2.24) is 0 Å². The summed E-state index contributed by atoms with van der Waals surface area (Å²) in [5, 5.41) is 21.7. The van der Waals surface area contributed by atoms with Crippen molar-refractivity contribution in [3.05, 3.63) is 18.8 Å². The summed E-state index contributed by atoms with van der Waals surface area (Å²) >= 11 is 0. The molecule has 0 saturated heterocycles. The molecule has 0 amide bonds. The molecule has 0 heterocycles. The van der Waals surface area contributed by atoms with Crippen LogP contribution in [0.3, 0.4) is 0 Å². The van der Waals surface area contributed by atoms with Crippen LogP contribution in [0, 0.1) is 35.0 Å². The van der Waals surface area contributed by atoms with Crippen LogP contribution in [0.25, 0.3) is 0 Å². The summed E-state index contributed by atoms with van der Waals surface area (Å²) in [4.78, 5) is 0. The molecule has 48 valence electrons. The molecule has 0 atom stereocenters. The largest absolute Gasteiger partial charge is 0.394 e. The highest BCUT2D eigenvalue weighted by atomic mass is 14.6. The van der Waals surface area contributed by atoms with E-state index in [0.717, 1.165) is 0 Å². The van der Waals surface area contributed by atoms with Gasteiger partial charge in [-0.15, -0.1) is 0 Å². The van der Waals surface area contributed by atoms with Gasteiger partial charge in [0, 0.05) is 0 Å². The summed E-state index contributed by atoms with van der Waals surface area (Å²) in [6, 6.07) is 0. The standard InChI is InChI=1S/C7H8N3/c1-4-6(9)2-5(8)3-7(4)10/h2-3,8-10H,1H3/q+3. The third kappa shape index (κ3) is 0.978. The summed E-state index contributed by atoms with van der Waals surface area (Å²) in [5.74, 6) is 0.635. The highest BCUT2D eigenvalue weighted by molar-refractivity contribution is 6.42. The zero-order chi connectivity index (χ0) is 7.72. The number of nitrogens with one attached hydrogen (secondary N) is 3. The van der Waals surface area contributed by atoms with Crippen LogP contribution < -0.4 is 0 Å². The molecule has 3 heteroatoms. The smallest absolute Gasteiger partial charge is 0.219 e. The minimum atomic E-state index is 0.237. The van der Waals surface area contributed by atoms with Gasteiger partial charge in [0.25, 0.3) is 18.8 Å². The predicted octanol–water partition coefficient (Wildman–Crippen LogP) is 1.06. The van der Waals surface area contributed by atoms with Crippen molar-refractivity contribution in [3.8, 4) is 0 Å². The van der Waals surface area contributed by atoms with Gasteiger partial charge in [-0.2, -0.15) is 0 Å². The summed E-state index contributed by atoms with van der Waals surface area (Å²) in [6.07, 6.45) is 2.88. The van der Waals surface area contributed by atoms with Gasteiger partial charge in [0.1, 0.15) is 6.92 Å². The van der Waals surface area contributed by atoms with Crippen LogP contribution in [0.1, 0.15) is 6.92 Å². The first kappa shape index (κ1) is 6.74. The number of hydrogen-bond donors (Lipinski definition) is 3. The van der Waals surface area contributed by atoms with Crippen LogP contribution in [0.4, 0.5) is 0 Å². The minimum absolute atomic E-state index is 0.237. The Kier molecular flexibility index (Phi) is 1.41. The SMILES string of the molecule is C[C+]1C(=N)[CH+]C(=N)[CH+]C1=N. The maximum absolute atomic E-state index is 7.26. The van der Waals surface area contributed by atoms with Crippen LogP contribution in [0.15, 0.2) is 0 Å². The van der Waals surface area contributed by atoms with Crippen LogP contribution in [-0.2, 0) is 0 Å². The van der Waals surface area contributed by atoms with Gasteiger partial charge in [0.15, 0.2) is 0 Å². The van der Waals surface area contributed by atoms with Crippen LogP contribution in [-0.4, -0.2) is 17.1 Å². The molecule has 1 aliphatic rings. The second-order valence-corrected chi connectivity index (χ2v) is 2.20. The van der Waals surface area contributed by atoms with E-state index in [1.807, 2.05) is 0 Å². The van der Waals surface area contributed by atoms with Crippen LogP contribution in [0.2, 0.25) is 0 Å². The van der Waals surface area contributed by atoms with Gasteiger partial charge in [0.2, 0.25) is 0 Å². The number of rotatable bonds is 0. The topological polar surface area (TPSA) is 71.6 Å². The summed E-state index contributed by atoms with van der Waals surface area (Å²) < 4.78 is 0. The van der Waals surface area contributed by atoms with Crippen molar-refractivity contribution < 1.29 is 0 Å². The lowest BCUT2D eigenvalue weighted by Gasteiger charge is -1.91. The average molecular weight is 134 g/mol. The third-order valence-corrected chi connectivity index (χ3v) is 1.41.